The molecule has 1 fully saturated rings. The number of alkyl halides is 3. The van der Waals surface area contributed by atoms with E-state index in [-0.39, 0.29) is 23.3 Å². The van der Waals surface area contributed by atoms with E-state index in [9.17, 15) is 22.8 Å². The third-order valence-corrected chi connectivity index (χ3v) is 7.37. The van der Waals surface area contributed by atoms with Crippen LogP contribution in [0.4, 0.5) is 23.7 Å². The Labute approximate surface area is 255 Å². The highest BCUT2D eigenvalue weighted by Crippen LogP contribution is 2.33. The van der Waals surface area contributed by atoms with Crippen LogP contribution in [-0.2, 0) is 4.79 Å². The Morgan fingerprint density at radius 2 is 1.77 bits per heavy atom. The molecule has 1 aliphatic rings. The van der Waals surface area contributed by atoms with E-state index in [2.05, 4.69) is 25.1 Å². The van der Waals surface area contributed by atoms with Crippen molar-refractivity contribution in [1.29, 1.82) is 0 Å². The smallest absolute Gasteiger partial charge is 0.406 e. The first-order valence-electron chi connectivity index (χ1n) is 13.5. The highest BCUT2D eigenvalue weighted by atomic mass is 32.2. The number of urea groups is 1. The zero-order chi connectivity index (χ0) is 31.4. The molecule has 0 spiro atoms. The summed E-state index contributed by atoms with van der Waals surface area (Å²) in [7, 11) is 0. The number of aliphatic imine (C=N–C) groups is 1. The number of rotatable bonds is 7. The molecule has 1 aromatic heterocycles. The van der Waals surface area contributed by atoms with Gasteiger partial charge in [-0.15, -0.1) is 18.3 Å². The number of carbonyl (C=O) groups is 2. The summed E-state index contributed by atoms with van der Waals surface area (Å²) in [6.07, 6.45) is -1.53. The third-order valence-electron chi connectivity index (χ3n) is 6.45. The predicted octanol–water partition coefficient (Wildman–Crippen LogP) is 7.16. The Balaban J connectivity index is 1.24. The summed E-state index contributed by atoms with van der Waals surface area (Å²) in [5.74, 6) is 0.353. The van der Waals surface area contributed by atoms with Gasteiger partial charge < -0.3 is 10.1 Å². The fourth-order valence-electron chi connectivity index (χ4n) is 4.48. The van der Waals surface area contributed by atoms with E-state index in [1.807, 2.05) is 62.4 Å². The van der Waals surface area contributed by atoms with Gasteiger partial charge in [-0.05, 0) is 60.4 Å². The zero-order valence-corrected chi connectivity index (χ0v) is 24.7. The van der Waals surface area contributed by atoms with Crippen molar-refractivity contribution in [2.75, 3.05) is 10.7 Å². The summed E-state index contributed by atoms with van der Waals surface area (Å²) in [6, 6.07) is 19.6. The minimum absolute atomic E-state index is 0.130. The first kappa shape index (κ1) is 30.5. The molecule has 0 unspecified atom stereocenters. The molecule has 9 nitrogen and oxygen atoms in total. The number of amidine groups is 1. The summed E-state index contributed by atoms with van der Waals surface area (Å²) >= 11 is 1.22. The van der Waals surface area contributed by atoms with Gasteiger partial charge in [-0.25, -0.2) is 14.5 Å². The highest BCUT2D eigenvalue weighted by molar-refractivity contribution is 8.15. The molecule has 44 heavy (non-hydrogen) atoms. The second-order valence-electron chi connectivity index (χ2n) is 10.1. The van der Waals surface area contributed by atoms with Crippen molar-refractivity contribution in [3.63, 3.8) is 0 Å². The molecule has 5 rings (SSSR count). The van der Waals surface area contributed by atoms with Crippen molar-refractivity contribution in [2.45, 2.75) is 33.1 Å². The number of thioether (sulfide) groups is 1. The number of anilines is 1. The molecule has 4 aromatic rings. The van der Waals surface area contributed by atoms with Crippen LogP contribution in [0.3, 0.4) is 0 Å². The summed E-state index contributed by atoms with van der Waals surface area (Å²) in [5.41, 5.74) is 4.31. The Hall–Kier alpha value is -4.91. The molecule has 0 radical (unpaired) electrons. The number of halogens is 3. The second kappa shape index (κ2) is 12.8. The van der Waals surface area contributed by atoms with E-state index < -0.39 is 12.4 Å². The summed E-state index contributed by atoms with van der Waals surface area (Å²) in [5, 5.41) is 7.48. The predicted molar refractivity (Wildman–Crippen MR) is 164 cm³/mol. The van der Waals surface area contributed by atoms with E-state index in [0.717, 1.165) is 22.4 Å². The molecular weight excluding hydrogens is 593 g/mol. The topological polar surface area (TPSA) is 102 Å². The van der Waals surface area contributed by atoms with Crippen LogP contribution in [0, 0.1) is 0 Å². The van der Waals surface area contributed by atoms with Crippen molar-refractivity contribution in [3.8, 4) is 22.8 Å². The molecule has 3 aromatic carbocycles. The first-order chi connectivity index (χ1) is 21.0. The van der Waals surface area contributed by atoms with Crippen molar-refractivity contribution in [2.24, 2.45) is 4.99 Å². The fraction of sp³-hybridized carbons (Fsp3) is 0.194. The lowest BCUT2D eigenvalue weighted by molar-refractivity contribution is -0.274. The van der Waals surface area contributed by atoms with Gasteiger partial charge in [0.1, 0.15) is 12.1 Å². The van der Waals surface area contributed by atoms with E-state index in [0.29, 0.717) is 22.4 Å². The molecule has 0 bridgehead atoms. The van der Waals surface area contributed by atoms with Crippen LogP contribution in [0.1, 0.15) is 37.8 Å². The number of ether oxygens (including phenoxy) is 1. The lowest BCUT2D eigenvalue weighted by atomic mass is 10.0. The largest absolute Gasteiger partial charge is 0.573 e. The van der Waals surface area contributed by atoms with E-state index in [1.165, 1.54) is 51.9 Å². The van der Waals surface area contributed by atoms with Gasteiger partial charge in [0.25, 0.3) is 0 Å². The van der Waals surface area contributed by atoms with Crippen LogP contribution in [-0.4, -0.2) is 44.0 Å². The Bertz CT molecular complexity index is 1730. The SMILES string of the molecule is C/C(=C\c1ccc(-c2ncn(-c3ccc(OC(F)(F)F)cc3)n2)cc1)NC(=O)/N=C1\SCC(=O)N1c1ccccc1C(C)C. The number of aromatic nitrogens is 3. The number of allylic oxidation sites excluding steroid dienone is 1. The summed E-state index contributed by atoms with van der Waals surface area (Å²) in [6.45, 7) is 5.82. The minimum atomic E-state index is -4.76. The number of hydrogen-bond acceptors (Lipinski definition) is 6. The fourth-order valence-corrected chi connectivity index (χ4v) is 5.34. The van der Waals surface area contributed by atoms with Gasteiger partial charge >= 0.3 is 12.4 Å². The molecule has 1 N–H and O–H groups in total. The van der Waals surface area contributed by atoms with E-state index >= 15 is 0 Å². The number of hydrogen-bond donors (Lipinski definition) is 1. The van der Waals surface area contributed by atoms with Gasteiger partial charge in [0.05, 0.1) is 17.1 Å². The lowest BCUT2D eigenvalue weighted by Gasteiger charge is -2.21. The number of nitrogens with zero attached hydrogens (tertiary/aromatic N) is 5. The number of carbonyl (C=O) groups excluding carboxylic acids is 2. The molecule has 226 valence electrons. The maximum Gasteiger partial charge on any atom is 0.573 e. The molecule has 1 aliphatic heterocycles. The van der Waals surface area contributed by atoms with Gasteiger partial charge in [-0.1, -0.05) is 68.1 Å². The van der Waals surface area contributed by atoms with E-state index in [1.54, 1.807) is 13.0 Å². The number of amides is 3. The normalized spacial score (nSPS) is 14.9. The molecule has 0 aliphatic carbocycles. The lowest BCUT2D eigenvalue weighted by Crippen LogP contribution is -2.32. The number of para-hydroxylation sites is 1. The Kier molecular flexibility index (Phi) is 8.86. The van der Waals surface area contributed by atoms with Crippen LogP contribution in [0.25, 0.3) is 23.2 Å². The molecule has 13 heteroatoms. The third kappa shape index (κ3) is 7.35. The molecule has 2 heterocycles. The van der Waals surface area contributed by atoms with Crippen LogP contribution in [0.15, 0.2) is 89.8 Å². The maximum atomic E-state index is 12.8. The average molecular weight is 621 g/mol. The summed E-state index contributed by atoms with van der Waals surface area (Å²) < 4.78 is 42.6. The second-order valence-corrected chi connectivity index (χ2v) is 11.0. The standard InChI is InChI=1S/C31H27F3N6O3S/c1-19(2)25-6-4-5-7-26(25)40-27(41)17-44-30(40)37-29(42)36-20(3)16-21-8-10-22(11-9-21)28-35-18-39(38-28)23-12-14-24(15-13-23)43-31(32,33)34/h4-16,18-19H,17H2,1-3H3,(H,36,42)/b20-16+,37-30-. The highest BCUT2D eigenvalue weighted by Gasteiger charge is 2.32. The molecular formula is C31H27F3N6O3S. The maximum absolute atomic E-state index is 12.8. The summed E-state index contributed by atoms with van der Waals surface area (Å²) in [4.78, 5) is 35.5. The quantitative estimate of drug-likeness (QED) is 0.235. The Morgan fingerprint density at radius 3 is 2.45 bits per heavy atom. The first-order valence-corrected chi connectivity index (χ1v) is 14.5. The van der Waals surface area contributed by atoms with Gasteiger partial charge in [0, 0.05) is 11.3 Å². The van der Waals surface area contributed by atoms with Crippen LogP contribution < -0.4 is 15.0 Å². The average Bonchev–Trinajstić information content (AvgIpc) is 3.60. The van der Waals surface area contributed by atoms with E-state index in [4.69, 9.17) is 0 Å². The zero-order valence-electron chi connectivity index (χ0n) is 23.9. The molecule has 0 saturated carbocycles. The number of benzene rings is 3. The van der Waals surface area contributed by atoms with Gasteiger partial charge in [0.2, 0.25) is 5.91 Å². The molecule has 0 atom stereocenters. The van der Waals surface area contributed by atoms with Crippen molar-refractivity contribution < 1.29 is 27.5 Å². The minimum Gasteiger partial charge on any atom is -0.406 e. The number of nitrogens with one attached hydrogen (secondary N) is 1. The van der Waals surface area contributed by atoms with Crippen LogP contribution in [0.2, 0.25) is 0 Å². The van der Waals surface area contributed by atoms with Crippen molar-refractivity contribution >= 4 is 40.6 Å². The monoisotopic (exact) mass is 620 g/mol. The van der Waals surface area contributed by atoms with Crippen LogP contribution >= 0.6 is 11.8 Å². The van der Waals surface area contributed by atoms with Gasteiger partial charge in [-0.3, -0.25) is 9.69 Å². The van der Waals surface area contributed by atoms with Gasteiger partial charge in [0.15, 0.2) is 11.0 Å². The molecule has 1 saturated heterocycles. The van der Waals surface area contributed by atoms with Crippen molar-refractivity contribution in [3.05, 3.63) is 95.9 Å². The van der Waals surface area contributed by atoms with Crippen LogP contribution in [0.5, 0.6) is 5.75 Å². The Morgan fingerprint density at radius 1 is 1.07 bits per heavy atom. The molecule has 3 amide bonds. The van der Waals surface area contributed by atoms with Crippen molar-refractivity contribution in [1.82, 2.24) is 20.1 Å². The van der Waals surface area contributed by atoms with Gasteiger partial charge in [-0.2, -0.15) is 4.99 Å².